The van der Waals surface area contributed by atoms with E-state index < -0.39 is 0 Å². The van der Waals surface area contributed by atoms with Crippen molar-refractivity contribution in [3.05, 3.63) is 22.4 Å². The maximum absolute atomic E-state index is 8.99. The first-order chi connectivity index (χ1) is 7.31. The molecule has 3 heteroatoms. The molecule has 2 rings (SSSR count). The average molecular weight is 220 g/mol. The van der Waals surface area contributed by atoms with Crippen molar-refractivity contribution in [1.82, 2.24) is 5.32 Å². The number of nitrogens with one attached hydrogen (secondary N) is 1. The molecule has 1 aromatic rings. The zero-order valence-electron chi connectivity index (χ0n) is 8.94. The molecule has 3 unspecified atom stereocenters. The van der Waals surface area contributed by atoms with Crippen molar-refractivity contribution in [3.8, 4) is 6.07 Å². The Morgan fingerprint density at radius 3 is 3.13 bits per heavy atom. The summed E-state index contributed by atoms with van der Waals surface area (Å²) in [5.74, 6) is 0.214. The SMILES string of the molecule is CC(NC1CCCC1C#N)c1ccsc1. The fourth-order valence-corrected chi connectivity index (χ4v) is 3.01. The third kappa shape index (κ3) is 2.39. The monoisotopic (exact) mass is 220 g/mol. The maximum Gasteiger partial charge on any atom is 0.0672 e. The Morgan fingerprint density at radius 1 is 1.60 bits per heavy atom. The molecule has 1 fully saturated rings. The molecular formula is C12H16N2S. The van der Waals surface area contributed by atoms with Gasteiger partial charge in [-0.15, -0.1) is 0 Å². The lowest BCUT2D eigenvalue weighted by molar-refractivity contribution is 0.418. The smallest absolute Gasteiger partial charge is 0.0672 e. The van der Waals surface area contributed by atoms with Crippen LogP contribution in [0.25, 0.3) is 0 Å². The van der Waals surface area contributed by atoms with Gasteiger partial charge in [0.1, 0.15) is 0 Å². The van der Waals surface area contributed by atoms with Crippen molar-refractivity contribution in [2.24, 2.45) is 5.92 Å². The minimum atomic E-state index is 0.214. The predicted molar refractivity (Wildman–Crippen MR) is 62.6 cm³/mol. The van der Waals surface area contributed by atoms with Gasteiger partial charge in [0.25, 0.3) is 0 Å². The highest BCUT2D eigenvalue weighted by molar-refractivity contribution is 7.07. The molecule has 1 aliphatic carbocycles. The second-order valence-electron chi connectivity index (χ2n) is 4.22. The van der Waals surface area contributed by atoms with Gasteiger partial charge in [-0.1, -0.05) is 6.42 Å². The van der Waals surface area contributed by atoms with Crippen LogP contribution in [0, 0.1) is 17.2 Å². The highest BCUT2D eigenvalue weighted by Crippen LogP contribution is 2.27. The normalized spacial score (nSPS) is 27.5. The summed E-state index contributed by atoms with van der Waals surface area (Å²) in [6.45, 7) is 2.18. The van der Waals surface area contributed by atoms with Crippen LogP contribution in [0.4, 0.5) is 0 Å². The molecule has 1 aromatic heterocycles. The Balaban J connectivity index is 1.94. The van der Waals surface area contributed by atoms with Crippen molar-refractivity contribution < 1.29 is 0 Å². The lowest BCUT2D eigenvalue weighted by Gasteiger charge is -2.20. The van der Waals surface area contributed by atoms with Gasteiger partial charge in [0.15, 0.2) is 0 Å². The maximum atomic E-state index is 8.99. The van der Waals surface area contributed by atoms with E-state index >= 15 is 0 Å². The van der Waals surface area contributed by atoms with Crippen LogP contribution < -0.4 is 5.32 Å². The molecule has 80 valence electrons. The zero-order chi connectivity index (χ0) is 10.7. The van der Waals surface area contributed by atoms with E-state index in [4.69, 9.17) is 5.26 Å². The summed E-state index contributed by atoms with van der Waals surface area (Å²) in [7, 11) is 0. The first-order valence-electron chi connectivity index (χ1n) is 5.49. The lowest BCUT2D eigenvalue weighted by Crippen LogP contribution is -2.33. The van der Waals surface area contributed by atoms with Gasteiger partial charge in [0.05, 0.1) is 12.0 Å². The van der Waals surface area contributed by atoms with Gasteiger partial charge >= 0.3 is 0 Å². The summed E-state index contributed by atoms with van der Waals surface area (Å²) in [5, 5.41) is 16.8. The molecule has 2 nitrogen and oxygen atoms in total. The molecule has 1 saturated carbocycles. The highest BCUT2D eigenvalue weighted by Gasteiger charge is 2.28. The third-order valence-corrected chi connectivity index (χ3v) is 3.89. The molecule has 1 N–H and O–H groups in total. The third-order valence-electron chi connectivity index (χ3n) is 3.19. The van der Waals surface area contributed by atoms with Gasteiger partial charge in [0.2, 0.25) is 0 Å². The Labute approximate surface area is 94.9 Å². The molecule has 15 heavy (non-hydrogen) atoms. The van der Waals surface area contributed by atoms with E-state index in [0.29, 0.717) is 12.1 Å². The molecular weight excluding hydrogens is 204 g/mol. The van der Waals surface area contributed by atoms with Gasteiger partial charge < -0.3 is 5.32 Å². The number of hydrogen-bond donors (Lipinski definition) is 1. The first kappa shape index (κ1) is 10.7. The van der Waals surface area contributed by atoms with E-state index in [9.17, 15) is 0 Å². The number of nitriles is 1. The molecule has 0 aliphatic heterocycles. The minimum absolute atomic E-state index is 0.214. The Hall–Kier alpha value is -0.850. The molecule has 0 spiro atoms. The summed E-state index contributed by atoms with van der Waals surface area (Å²) < 4.78 is 0. The van der Waals surface area contributed by atoms with E-state index in [-0.39, 0.29) is 5.92 Å². The summed E-state index contributed by atoms with van der Waals surface area (Å²) in [6, 6.07) is 5.32. The summed E-state index contributed by atoms with van der Waals surface area (Å²) >= 11 is 1.73. The van der Waals surface area contributed by atoms with Gasteiger partial charge in [-0.05, 0) is 42.2 Å². The number of hydrogen-bond acceptors (Lipinski definition) is 3. The van der Waals surface area contributed by atoms with Crippen LogP contribution in [0.15, 0.2) is 16.8 Å². The van der Waals surface area contributed by atoms with Crippen LogP contribution in [0.1, 0.15) is 37.8 Å². The average Bonchev–Trinajstić information content (AvgIpc) is 2.87. The van der Waals surface area contributed by atoms with E-state index in [0.717, 1.165) is 12.8 Å². The van der Waals surface area contributed by atoms with Crippen molar-refractivity contribution in [1.29, 1.82) is 5.26 Å². The number of rotatable bonds is 3. The van der Waals surface area contributed by atoms with Crippen LogP contribution in [-0.2, 0) is 0 Å². The van der Waals surface area contributed by atoms with E-state index in [1.807, 2.05) is 0 Å². The van der Waals surface area contributed by atoms with Crippen LogP contribution >= 0.6 is 11.3 Å². The Bertz CT molecular complexity index is 339. The van der Waals surface area contributed by atoms with Crippen molar-refractivity contribution >= 4 is 11.3 Å². The van der Waals surface area contributed by atoms with Gasteiger partial charge in [0, 0.05) is 12.1 Å². The molecule has 0 amide bonds. The largest absolute Gasteiger partial charge is 0.306 e. The van der Waals surface area contributed by atoms with Crippen molar-refractivity contribution in [3.63, 3.8) is 0 Å². The Kier molecular flexibility index (Phi) is 3.40. The van der Waals surface area contributed by atoms with Gasteiger partial charge in [-0.25, -0.2) is 0 Å². The standard InChI is InChI=1S/C12H16N2S/c1-9(11-5-6-15-8-11)14-12-4-2-3-10(12)7-13/h5-6,8-10,12,14H,2-4H2,1H3. The molecule has 1 aliphatic rings. The second kappa shape index (κ2) is 4.78. The molecule has 0 radical (unpaired) electrons. The molecule has 3 atom stereocenters. The quantitative estimate of drug-likeness (QED) is 0.849. The molecule has 0 aromatic carbocycles. The van der Waals surface area contributed by atoms with Crippen LogP contribution in [-0.4, -0.2) is 6.04 Å². The number of nitrogens with zero attached hydrogens (tertiary/aromatic N) is 1. The van der Waals surface area contributed by atoms with Gasteiger partial charge in [-0.2, -0.15) is 16.6 Å². The molecule has 0 bridgehead atoms. The molecule has 0 saturated heterocycles. The predicted octanol–water partition coefficient (Wildman–Crippen LogP) is 3.09. The fraction of sp³-hybridized carbons (Fsp3) is 0.583. The second-order valence-corrected chi connectivity index (χ2v) is 5.00. The van der Waals surface area contributed by atoms with Crippen LogP contribution in [0.3, 0.4) is 0 Å². The van der Waals surface area contributed by atoms with Crippen LogP contribution in [0.5, 0.6) is 0 Å². The van der Waals surface area contributed by atoms with E-state index in [1.54, 1.807) is 11.3 Å². The molecule has 1 heterocycles. The topological polar surface area (TPSA) is 35.8 Å². The summed E-state index contributed by atoms with van der Waals surface area (Å²) in [6.07, 6.45) is 3.39. The minimum Gasteiger partial charge on any atom is -0.306 e. The first-order valence-corrected chi connectivity index (χ1v) is 6.43. The lowest BCUT2D eigenvalue weighted by atomic mass is 10.0. The highest BCUT2D eigenvalue weighted by atomic mass is 32.1. The number of thiophene rings is 1. The fourth-order valence-electron chi connectivity index (χ4n) is 2.25. The Morgan fingerprint density at radius 2 is 2.47 bits per heavy atom. The van der Waals surface area contributed by atoms with E-state index in [1.165, 1.54) is 12.0 Å². The van der Waals surface area contributed by atoms with Gasteiger partial charge in [-0.3, -0.25) is 0 Å². The van der Waals surface area contributed by atoms with Crippen molar-refractivity contribution in [2.45, 2.75) is 38.3 Å². The van der Waals surface area contributed by atoms with Crippen molar-refractivity contribution in [2.75, 3.05) is 0 Å². The van der Waals surface area contributed by atoms with Crippen LogP contribution in [0.2, 0.25) is 0 Å². The summed E-state index contributed by atoms with van der Waals surface area (Å²) in [4.78, 5) is 0. The summed E-state index contributed by atoms with van der Waals surface area (Å²) in [5.41, 5.74) is 1.34. The van der Waals surface area contributed by atoms with E-state index in [2.05, 4.69) is 35.1 Å². The zero-order valence-corrected chi connectivity index (χ0v) is 9.76.